The summed E-state index contributed by atoms with van der Waals surface area (Å²) in [6.45, 7) is 7.94. The third-order valence-corrected chi connectivity index (χ3v) is 4.15. The van der Waals surface area contributed by atoms with Gasteiger partial charge in [-0.1, -0.05) is 39.0 Å². The summed E-state index contributed by atoms with van der Waals surface area (Å²) in [5, 5.41) is 3.30. The molecule has 0 bridgehead atoms. The normalized spacial score (nSPS) is 20.5. The van der Waals surface area contributed by atoms with Gasteiger partial charge in [0.2, 0.25) is 0 Å². The molecule has 1 fully saturated rings. The maximum atomic E-state index is 12.9. The first-order chi connectivity index (χ1) is 9.19. The van der Waals surface area contributed by atoms with Crippen molar-refractivity contribution in [1.29, 1.82) is 0 Å². The van der Waals surface area contributed by atoms with Gasteiger partial charge in [-0.2, -0.15) is 13.2 Å². The van der Waals surface area contributed by atoms with E-state index in [4.69, 9.17) is 0 Å². The molecule has 1 aliphatic rings. The van der Waals surface area contributed by atoms with E-state index in [0.717, 1.165) is 37.6 Å². The van der Waals surface area contributed by atoms with E-state index in [1.54, 1.807) is 0 Å². The number of rotatable bonds is 4. The fourth-order valence-corrected chi connectivity index (χ4v) is 3.60. The Balaban J connectivity index is 2.31. The van der Waals surface area contributed by atoms with Gasteiger partial charge < -0.3 is 5.32 Å². The van der Waals surface area contributed by atoms with Crippen LogP contribution in [0, 0.1) is 5.41 Å². The van der Waals surface area contributed by atoms with Gasteiger partial charge in [0.1, 0.15) is 0 Å². The van der Waals surface area contributed by atoms with Crippen molar-refractivity contribution in [2.75, 3.05) is 13.1 Å². The van der Waals surface area contributed by atoms with Crippen LogP contribution in [0.1, 0.15) is 44.7 Å². The maximum Gasteiger partial charge on any atom is 0.416 e. The monoisotopic (exact) mass is 285 g/mol. The van der Waals surface area contributed by atoms with Gasteiger partial charge in [0.05, 0.1) is 5.56 Å². The van der Waals surface area contributed by atoms with Crippen LogP contribution < -0.4 is 5.32 Å². The molecule has 0 saturated heterocycles. The van der Waals surface area contributed by atoms with Gasteiger partial charge in [0.25, 0.3) is 0 Å². The Hall–Kier alpha value is -1.03. The number of alkyl halides is 3. The van der Waals surface area contributed by atoms with E-state index in [9.17, 15) is 13.2 Å². The molecule has 1 N–H and O–H groups in total. The quantitative estimate of drug-likeness (QED) is 0.866. The zero-order chi connectivity index (χ0) is 15.0. The summed E-state index contributed by atoms with van der Waals surface area (Å²) in [4.78, 5) is 0. The van der Waals surface area contributed by atoms with Crippen molar-refractivity contribution >= 4 is 0 Å². The molecular formula is C16H22F3N. The predicted octanol–water partition coefficient (Wildman–Crippen LogP) is 4.37. The fourth-order valence-electron chi connectivity index (χ4n) is 3.60. The topological polar surface area (TPSA) is 12.0 Å². The highest BCUT2D eigenvalue weighted by atomic mass is 19.4. The summed E-state index contributed by atoms with van der Waals surface area (Å²) in [7, 11) is 0. The molecule has 4 heteroatoms. The second-order valence-corrected chi connectivity index (χ2v) is 6.66. The van der Waals surface area contributed by atoms with Crippen LogP contribution in [0.4, 0.5) is 13.2 Å². The lowest BCUT2D eigenvalue weighted by Crippen LogP contribution is -2.52. The Morgan fingerprint density at radius 3 is 2.35 bits per heavy atom. The van der Waals surface area contributed by atoms with Crippen molar-refractivity contribution in [2.24, 2.45) is 5.41 Å². The highest BCUT2D eigenvalue weighted by Gasteiger charge is 2.50. The summed E-state index contributed by atoms with van der Waals surface area (Å²) >= 11 is 0. The first-order valence-electron chi connectivity index (χ1n) is 7.07. The third-order valence-electron chi connectivity index (χ3n) is 4.15. The van der Waals surface area contributed by atoms with E-state index in [2.05, 4.69) is 19.2 Å². The minimum atomic E-state index is -4.27. The largest absolute Gasteiger partial charge is 0.416 e. The Morgan fingerprint density at radius 1 is 1.20 bits per heavy atom. The molecule has 0 atom stereocenters. The van der Waals surface area contributed by atoms with Gasteiger partial charge in [-0.05, 0) is 36.4 Å². The van der Waals surface area contributed by atoms with E-state index in [-0.39, 0.29) is 10.8 Å². The molecule has 0 amide bonds. The van der Waals surface area contributed by atoms with Gasteiger partial charge in [-0.15, -0.1) is 0 Å². The van der Waals surface area contributed by atoms with Crippen molar-refractivity contribution in [3.8, 4) is 0 Å². The minimum Gasteiger partial charge on any atom is -0.316 e. The molecule has 1 aromatic carbocycles. The van der Waals surface area contributed by atoms with E-state index in [1.165, 1.54) is 12.1 Å². The van der Waals surface area contributed by atoms with Crippen LogP contribution in [-0.4, -0.2) is 13.1 Å². The zero-order valence-corrected chi connectivity index (χ0v) is 12.3. The summed E-state index contributed by atoms with van der Waals surface area (Å²) in [5.41, 5.74) is 0.327. The third kappa shape index (κ3) is 3.00. The smallest absolute Gasteiger partial charge is 0.316 e. The molecule has 2 rings (SSSR count). The van der Waals surface area contributed by atoms with E-state index >= 15 is 0 Å². The zero-order valence-electron chi connectivity index (χ0n) is 12.3. The second-order valence-electron chi connectivity index (χ2n) is 6.66. The Morgan fingerprint density at radius 2 is 1.85 bits per heavy atom. The average molecular weight is 285 g/mol. The van der Waals surface area contributed by atoms with Gasteiger partial charge in [-0.25, -0.2) is 0 Å². The van der Waals surface area contributed by atoms with Crippen LogP contribution in [0.15, 0.2) is 24.3 Å². The van der Waals surface area contributed by atoms with Crippen LogP contribution in [0.5, 0.6) is 0 Å². The Kier molecular flexibility index (Phi) is 3.89. The number of hydrogen-bond acceptors (Lipinski definition) is 1. The predicted molar refractivity (Wildman–Crippen MR) is 74.7 cm³/mol. The van der Waals surface area contributed by atoms with Crippen molar-refractivity contribution in [1.82, 2.24) is 5.32 Å². The van der Waals surface area contributed by atoms with Crippen molar-refractivity contribution in [2.45, 2.75) is 45.2 Å². The lowest BCUT2D eigenvalue weighted by atomic mass is 9.52. The van der Waals surface area contributed by atoms with Crippen molar-refractivity contribution in [3.63, 3.8) is 0 Å². The van der Waals surface area contributed by atoms with Crippen molar-refractivity contribution in [3.05, 3.63) is 35.4 Å². The molecular weight excluding hydrogens is 263 g/mol. The Bertz CT molecular complexity index is 469. The summed E-state index contributed by atoms with van der Waals surface area (Å²) < 4.78 is 38.6. The van der Waals surface area contributed by atoms with Crippen LogP contribution in [0.2, 0.25) is 0 Å². The molecule has 0 aromatic heterocycles. The SMILES string of the molecule is CCNCC1(c2cccc(C(F)(F)F)c2)CC(C)(C)C1. The first kappa shape index (κ1) is 15.4. The molecule has 1 nitrogen and oxygen atoms in total. The fraction of sp³-hybridized carbons (Fsp3) is 0.625. The van der Waals surface area contributed by atoms with Crippen LogP contribution >= 0.6 is 0 Å². The Labute approximate surface area is 118 Å². The van der Waals surface area contributed by atoms with E-state index in [0.29, 0.717) is 0 Å². The highest BCUT2D eigenvalue weighted by molar-refractivity contribution is 5.35. The van der Waals surface area contributed by atoms with Gasteiger partial charge >= 0.3 is 6.18 Å². The minimum absolute atomic E-state index is 0.152. The van der Waals surface area contributed by atoms with Crippen LogP contribution in [-0.2, 0) is 11.6 Å². The number of halogens is 3. The molecule has 0 aliphatic heterocycles. The summed E-state index contributed by atoms with van der Waals surface area (Å²) in [6, 6.07) is 5.83. The standard InChI is InChI=1S/C16H22F3N/c1-4-20-11-15(9-14(2,3)10-15)12-6-5-7-13(8-12)16(17,18)19/h5-8,20H,4,9-11H2,1-3H3. The molecule has 0 spiro atoms. The van der Waals surface area contributed by atoms with E-state index in [1.807, 2.05) is 13.0 Å². The maximum absolute atomic E-state index is 12.9. The molecule has 20 heavy (non-hydrogen) atoms. The number of likely N-dealkylation sites (N-methyl/N-ethyl adjacent to an activating group) is 1. The highest BCUT2D eigenvalue weighted by Crippen LogP contribution is 2.55. The molecule has 0 unspecified atom stereocenters. The number of benzene rings is 1. The van der Waals surface area contributed by atoms with Crippen molar-refractivity contribution < 1.29 is 13.2 Å². The molecule has 0 heterocycles. The molecule has 0 radical (unpaired) electrons. The van der Waals surface area contributed by atoms with Gasteiger partial charge in [-0.3, -0.25) is 0 Å². The van der Waals surface area contributed by atoms with Crippen LogP contribution in [0.25, 0.3) is 0 Å². The lowest BCUT2D eigenvalue weighted by molar-refractivity contribution is -0.137. The summed E-state index contributed by atoms with van der Waals surface area (Å²) in [6.07, 6.45) is -2.42. The molecule has 1 saturated carbocycles. The molecule has 1 aliphatic carbocycles. The van der Waals surface area contributed by atoms with E-state index < -0.39 is 11.7 Å². The number of hydrogen-bond donors (Lipinski definition) is 1. The molecule has 112 valence electrons. The average Bonchev–Trinajstić information content (AvgIpc) is 2.32. The summed E-state index contributed by atoms with van der Waals surface area (Å²) in [5.74, 6) is 0. The van der Waals surface area contributed by atoms with Gasteiger partial charge in [0.15, 0.2) is 0 Å². The second kappa shape index (κ2) is 5.06. The molecule has 1 aromatic rings. The lowest BCUT2D eigenvalue weighted by Gasteiger charge is -2.54. The van der Waals surface area contributed by atoms with Gasteiger partial charge in [0, 0.05) is 12.0 Å². The number of nitrogens with one attached hydrogen (secondary N) is 1. The van der Waals surface area contributed by atoms with Crippen LogP contribution in [0.3, 0.4) is 0 Å². The first-order valence-corrected chi connectivity index (χ1v) is 7.07.